The number of phosphoric ester groups is 2. The molecular weight excluding hydrogens is 1170 g/mol. The van der Waals surface area contributed by atoms with E-state index in [0.29, 0.717) is 25.7 Å². The van der Waals surface area contributed by atoms with E-state index < -0.39 is 97.5 Å². The molecule has 0 amide bonds. The van der Waals surface area contributed by atoms with Gasteiger partial charge in [-0.15, -0.1) is 0 Å². The molecule has 0 spiro atoms. The second-order valence-corrected chi connectivity index (χ2v) is 29.1. The van der Waals surface area contributed by atoms with E-state index in [1.165, 1.54) is 154 Å². The van der Waals surface area contributed by atoms with E-state index in [-0.39, 0.29) is 25.7 Å². The van der Waals surface area contributed by atoms with Crippen LogP contribution >= 0.6 is 15.6 Å². The van der Waals surface area contributed by atoms with Crippen molar-refractivity contribution in [3.8, 4) is 0 Å². The van der Waals surface area contributed by atoms with Crippen molar-refractivity contribution in [3.05, 3.63) is 0 Å². The number of unbranched alkanes of at least 4 members (excludes halogenated alkanes) is 34. The molecule has 0 aromatic heterocycles. The summed E-state index contributed by atoms with van der Waals surface area (Å²) in [6, 6.07) is 0. The van der Waals surface area contributed by atoms with Crippen molar-refractivity contribution in [2.75, 3.05) is 39.6 Å². The first-order valence-corrected chi connectivity index (χ1v) is 39.4. The topological polar surface area (TPSA) is 237 Å². The van der Waals surface area contributed by atoms with Crippen molar-refractivity contribution in [1.29, 1.82) is 0 Å². The number of phosphoric acid groups is 2. The van der Waals surface area contributed by atoms with E-state index >= 15 is 0 Å². The Balaban J connectivity index is 5.18. The van der Waals surface area contributed by atoms with Crippen LogP contribution in [-0.4, -0.2) is 96.7 Å². The zero-order valence-corrected chi connectivity index (χ0v) is 59.7. The lowest BCUT2D eigenvalue weighted by molar-refractivity contribution is -0.161. The Hall–Kier alpha value is -1.94. The van der Waals surface area contributed by atoms with Gasteiger partial charge >= 0.3 is 39.5 Å². The fraction of sp³-hybridized carbons (Fsp3) is 0.943. The molecule has 0 aliphatic heterocycles. The van der Waals surface area contributed by atoms with Crippen LogP contribution in [0.4, 0.5) is 0 Å². The van der Waals surface area contributed by atoms with Crippen molar-refractivity contribution in [2.24, 2.45) is 17.8 Å². The number of aliphatic hydroxyl groups is 1. The van der Waals surface area contributed by atoms with Gasteiger partial charge in [0.05, 0.1) is 26.4 Å². The van der Waals surface area contributed by atoms with Gasteiger partial charge in [-0.2, -0.15) is 0 Å². The quantitative estimate of drug-likeness (QED) is 0.0222. The van der Waals surface area contributed by atoms with Gasteiger partial charge in [-0.05, 0) is 43.4 Å². The molecule has 0 radical (unpaired) electrons. The van der Waals surface area contributed by atoms with E-state index in [4.69, 9.17) is 37.0 Å². The lowest BCUT2D eigenvalue weighted by Gasteiger charge is -2.21. The first kappa shape index (κ1) is 87.1. The summed E-state index contributed by atoms with van der Waals surface area (Å²) in [6.45, 7) is 11.8. The van der Waals surface area contributed by atoms with E-state index in [1.54, 1.807) is 0 Å². The van der Waals surface area contributed by atoms with Gasteiger partial charge in [0.25, 0.3) is 0 Å². The summed E-state index contributed by atoms with van der Waals surface area (Å²) in [6.07, 6.45) is 44.6. The molecule has 89 heavy (non-hydrogen) atoms. The van der Waals surface area contributed by atoms with E-state index in [9.17, 15) is 43.2 Å². The summed E-state index contributed by atoms with van der Waals surface area (Å²) in [5, 5.41) is 10.6. The fourth-order valence-electron chi connectivity index (χ4n) is 10.5. The molecule has 0 bridgehead atoms. The van der Waals surface area contributed by atoms with Gasteiger partial charge in [-0.1, -0.05) is 299 Å². The van der Waals surface area contributed by atoms with Crippen molar-refractivity contribution in [1.82, 2.24) is 0 Å². The number of aliphatic hydroxyl groups excluding tert-OH is 1. The van der Waals surface area contributed by atoms with Crippen LogP contribution < -0.4 is 0 Å². The summed E-state index contributed by atoms with van der Waals surface area (Å²) >= 11 is 0. The van der Waals surface area contributed by atoms with Crippen molar-refractivity contribution >= 4 is 39.5 Å². The standard InChI is InChI=1S/C70H136O17P2/c1-8-11-12-34-44-51-67(72)80-57-65(86-69(74)54-47-40-33-27-21-19-24-30-37-43-50-63(7)10-3)59-84-88(76,77)82-55-64(71)56-83-89(78,79)85-60-66(58-81-68(73)52-45-38-31-25-20-18-23-29-36-42-49-62(6)9-2)87-70(75)53-46-39-32-26-17-15-13-14-16-22-28-35-41-48-61(4)5/h61-66,71H,8-60H2,1-7H3,(H,76,77)(H,78,79)/t62?,63?,64-,65+,66+/m0/s1. The Labute approximate surface area is 543 Å². The Kier molecular flexibility index (Phi) is 59.6. The highest BCUT2D eigenvalue weighted by Crippen LogP contribution is 2.45. The number of carbonyl (C=O) groups is 4. The highest BCUT2D eigenvalue weighted by molar-refractivity contribution is 7.47. The minimum atomic E-state index is -4.95. The van der Waals surface area contributed by atoms with Gasteiger partial charge in [0.15, 0.2) is 12.2 Å². The maximum atomic E-state index is 13.0. The average molecular weight is 1310 g/mol. The normalized spacial score (nSPS) is 14.8. The van der Waals surface area contributed by atoms with Gasteiger partial charge in [0.1, 0.15) is 19.3 Å². The van der Waals surface area contributed by atoms with E-state index in [1.807, 2.05) is 0 Å². The summed E-state index contributed by atoms with van der Waals surface area (Å²) in [5.74, 6) is 0.263. The largest absolute Gasteiger partial charge is 0.472 e. The predicted molar refractivity (Wildman–Crippen MR) is 358 cm³/mol. The average Bonchev–Trinajstić information content (AvgIpc) is 3.72. The molecule has 0 aliphatic carbocycles. The molecule has 0 fully saturated rings. The first-order valence-electron chi connectivity index (χ1n) is 36.4. The summed E-state index contributed by atoms with van der Waals surface area (Å²) in [7, 11) is -9.89. The third kappa shape index (κ3) is 62.0. The van der Waals surface area contributed by atoms with Gasteiger partial charge < -0.3 is 33.8 Å². The highest BCUT2D eigenvalue weighted by atomic mass is 31.2. The summed E-state index contributed by atoms with van der Waals surface area (Å²) < 4.78 is 68.1. The van der Waals surface area contributed by atoms with Crippen LogP contribution in [0, 0.1) is 17.8 Å². The Bertz CT molecular complexity index is 1750. The third-order valence-electron chi connectivity index (χ3n) is 16.9. The molecule has 4 unspecified atom stereocenters. The molecule has 0 heterocycles. The summed E-state index contributed by atoms with van der Waals surface area (Å²) in [4.78, 5) is 72.3. The molecule has 3 N–H and O–H groups in total. The highest BCUT2D eigenvalue weighted by Gasteiger charge is 2.30. The first-order chi connectivity index (χ1) is 42.8. The number of hydrogen-bond acceptors (Lipinski definition) is 15. The smallest absolute Gasteiger partial charge is 0.462 e. The fourth-order valence-corrected chi connectivity index (χ4v) is 12.1. The molecule has 0 aromatic rings. The van der Waals surface area contributed by atoms with Crippen LogP contribution in [-0.2, 0) is 65.4 Å². The van der Waals surface area contributed by atoms with Gasteiger partial charge in [0.2, 0.25) is 0 Å². The minimum Gasteiger partial charge on any atom is -0.462 e. The number of carbonyl (C=O) groups excluding carboxylic acids is 4. The van der Waals surface area contributed by atoms with Gasteiger partial charge in [-0.25, -0.2) is 9.13 Å². The maximum Gasteiger partial charge on any atom is 0.472 e. The minimum absolute atomic E-state index is 0.105. The Morgan fingerprint density at radius 2 is 0.573 bits per heavy atom. The molecule has 19 heteroatoms. The molecule has 0 aromatic carbocycles. The second kappa shape index (κ2) is 61.0. The number of rotatable bonds is 68. The predicted octanol–water partition coefficient (Wildman–Crippen LogP) is 19.8. The maximum absolute atomic E-state index is 13.0. The lowest BCUT2D eigenvalue weighted by Crippen LogP contribution is -2.30. The molecule has 0 rings (SSSR count). The number of ether oxygens (including phenoxy) is 4. The number of hydrogen-bond donors (Lipinski definition) is 3. The van der Waals surface area contributed by atoms with Crippen LogP contribution in [0.25, 0.3) is 0 Å². The molecule has 0 aliphatic rings. The molecule has 7 atom stereocenters. The van der Waals surface area contributed by atoms with Crippen molar-refractivity contribution in [3.63, 3.8) is 0 Å². The molecule has 528 valence electrons. The molecule has 0 saturated heterocycles. The SMILES string of the molecule is CCCCCCCC(=O)OC[C@H](COP(=O)(O)OC[C@H](O)COP(=O)(O)OC[C@@H](COC(=O)CCCCCCCCCCCCC(C)CC)OC(=O)CCCCCCCCCCCCCCCC(C)C)OC(=O)CCCCCCCCCCCCC(C)CC. The molecular formula is C70H136O17P2. The summed E-state index contributed by atoms with van der Waals surface area (Å²) in [5.41, 5.74) is 0. The number of esters is 4. The van der Waals surface area contributed by atoms with Crippen molar-refractivity contribution in [2.45, 2.75) is 369 Å². The van der Waals surface area contributed by atoms with Gasteiger partial charge in [0, 0.05) is 25.7 Å². The van der Waals surface area contributed by atoms with Crippen LogP contribution in [0.3, 0.4) is 0 Å². The van der Waals surface area contributed by atoms with Gasteiger partial charge in [-0.3, -0.25) is 37.3 Å². The molecule has 0 saturated carbocycles. The zero-order valence-electron chi connectivity index (χ0n) is 57.9. The van der Waals surface area contributed by atoms with Crippen LogP contribution in [0.5, 0.6) is 0 Å². The second-order valence-electron chi connectivity index (χ2n) is 26.2. The van der Waals surface area contributed by atoms with E-state index in [0.717, 1.165) is 114 Å². The Morgan fingerprint density at radius 1 is 0.326 bits per heavy atom. The van der Waals surface area contributed by atoms with Crippen LogP contribution in [0.15, 0.2) is 0 Å². The van der Waals surface area contributed by atoms with Crippen molar-refractivity contribution < 1.29 is 80.2 Å². The van der Waals surface area contributed by atoms with E-state index in [2.05, 4.69) is 48.5 Å². The zero-order chi connectivity index (χ0) is 65.9. The van der Waals surface area contributed by atoms with Crippen LogP contribution in [0.1, 0.15) is 350 Å². The monoisotopic (exact) mass is 1310 g/mol. The molecule has 17 nitrogen and oxygen atoms in total. The third-order valence-corrected chi connectivity index (χ3v) is 18.8. The Morgan fingerprint density at radius 3 is 0.854 bits per heavy atom. The lowest BCUT2D eigenvalue weighted by atomic mass is 9.99. The van der Waals surface area contributed by atoms with Crippen LogP contribution in [0.2, 0.25) is 0 Å².